The fraction of sp³-hybridized carbons (Fsp3) is 0.500. The summed E-state index contributed by atoms with van der Waals surface area (Å²) in [5, 5.41) is 4.54. The molecule has 20 heavy (non-hydrogen) atoms. The zero-order valence-electron chi connectivity index (χ0n) is 12.7. The fourth-order valence-electron chi connectivity index (χ4n) is 2.17. The lowest BCUT2D eigenvalue weighted by Crippen LogP contribution is -2.25. The van der Waals surface area contributed by atoms with E-state index in [2.05, 4.69) is 48.2 Å². The minimum Gasteiger partial charge on any atom is -0.385 e. The van der Waals surface area contributed by atoms with Crippen LogP contribution in [0.3, 0.4) is 0 Å². The van der Waals surface area contributed by atoms with Gasteiger partial charge in [0.25, 0.3) is 0 Å². The van der Waals surface area contributed by atoms with Crippen LogP contribution >= 0.6 is 0 Å². The normalized spacial score (nSPS) is 11.8. The van der Waals surface area contributed by atoms with Gasteiger partial charge in [-0.25, -0.2) is 9.97 Å². The van der Waals surface area contributed by atoms with Gasteiger partial charge in [0.15, 0.2) is 0 Å². The van der Waals surface area contributed by atoms with Crippen molar-refractivity contribution in [1.29, 1.82) is 0 Å². The van der Waals surface area contributed by atoms with E-state index in [4.69, 9.17) is 4.74 Å². The Morgan fingerprint density at radius 3 is 2.80 bits per heavy atom. The number of hydrogen-bond acceptors (Lipinski definition) is 4. The molecule has 0 saturated heterocycles. The van der Waals surface area contributed by atoms with Gasteiger partial charge in [0, 0.05) is 25.6 Å². The number of methoxy groups -OCH3 is 1. The molecule has 0 saturated carbocycles. The van der Waals surface area contributed by atoms with Crippen molar-refractivity contribution in [3.8, 4) is 0 Å². The van der Waals surface area contributed by atoms with Crippen LogP contribution in [0.2, 0.25) is 0 Å². The summed E-state index contributed by atoms with van der Waals surface area (Å²) in [7, 11) is 1.74. The molecule has 0 bridgehead atoms. The van der Waals surface area contributed by atoms with Crippen molar-refractivity contribution in [3.05, 3.63) is 30.1 Å². The molecule has 0 unspecified atom stereocenters. The number of nitrogens with one attached hydrogen (secondary N) is 1. The van der Waals surface area contributed by atoms with E-state index in [0.717, 1.165) is 36.3 Å². The molecule has 0 aliphatic rings. The van der Waals surface area contributed by atoms with Crippen LogP contribution < -0.4 is 5.32 Å². The molecular formula is C16H23N3O. The van der Waals surface area contributed by atoms with Gasteiger partial charge in [0.1, 0.15) is 12.1 Å². The van der Waals surface area contributed by atoms with Crippen LogP contribution in [0.25, 0.3) is 10.9 Å². The van der Waals surface area contributed by atoms with E-state index in [1.165, 1.54) is 5.56 Å². The summed E-state index contributed by atoms with van der Waals surface area (Å²) in [6.45, 7) is 8.16. The number of para-hydroxylation sites is 1. The average Bonchev–Trinajstić information content (AvgIpc) is 2.44. The van der Waals surface area contributed by atoms with Gasteiger partial charge in [0.05, 0.1) is 5.52 Å². The van der Waals surface area contributed by atoms with Crippen LogP contribution in [0.5, 0.6) is 0 Å². The zero-order chi connectivity index (χ0) is 14.6. The van der Waals surface area contributed by atoms with Crippen LogP contribution in [0, 0.1) is 12.3 Å². The Hall–Kier alpha value is -1.68. The van der Waals surface area contributed by atoms with E-state index in [1.807, 2.05) is 6.07 Å². The number of aromatic nitrogens is 2. The number of hydrogen-bond donors (Lipinski definition) is 1. The van der Waals surface area contributed by atoms with E-state index in [-0.39, 0.29) is 5.41 Å². The van der Waals surface area contributed by atoms with Gasteiger partial charge in [0.2, 0.25) is 0 Å². The molecule has 0 aliphatic carbocycles. The van der Waals surface area contributed by atoms with Crippen molar-refractivity contribution < 1.29 is 4.74 Å². The minimum absolute atomic E-state index is 0.164. The molecule has 0 spiro atoms. The third kappa shape index (κ3) is 3.45. The molecule has 1 aromatic carbocycles. The van der Waals surface area contributed by atoms with Crippen molar-refractivity contribution in [2.24, 2.45) is 5.41 Å². The van der Waals surface area contributed by atoms with E-state index in [0.29, 0.717) is 0 Å². The number of anilines is 1. The Bertz CT molecular complexity index is 581. The van der Waals surface area contributed by atoms with E-state index < -0.39 is 0 Å². The molecule has 4 nitrogen and oxygen atoms in total. The lowest BCUT2D eigenvalue weighted by molar-refractivity contribution is 0.157. The molecule has 108 valence electrons. The summed E-state index contributed by atoms with van der Waals surface area (Å²) in [6, 6.07) is 6.18. The number of nitrogens with zero attached hydrogens (tertiary/aromatic N) is 2. The highest BCUT2D eigenvalue weighted by atomic mass is 16.5. The van der Waals surface area contributed by atoms with Crippen LogP contribution in [0.4, 0.5) is 5.82 Å². The van der Waals surface area contributed by atoms with Gasteiger partial charge in [-0.15, -0.1) is 0 Å². The summed E-state index contributed by atoms with van der Waals surface area (Å²) in [5.41, 5.74) is 2.35. The van der Waals surface area contributed by atoms with E-state index in [1.54, 1.807) is 13.4 Å². The third-order valence-electron chi connectivity index (χ3n) is 3.58. The number of aryl methyl sites for hydroxylation is 1. The maximum atomic E-state index is 5.16. The first kappa shape index (κ1) is 14.7. The van der Waals surface area contributed by atoms with Crippen LogP contribution in [-0.4, -0.2) is 30.2 Å². The monoisotopic (exact) mass is 273 g/mol. The summed E-state index contributed by atoms with van der Waals surface area (Å²) in [6.07, 6.45) is 2.64. The van der Waals surface area contributed by atoms with Crippen molar-refractivity contribution in [1.82, 2.24) is 9.97 Å². The maximum absolute atomic E-state index is 5.16. The highest BCUT2D eigenvalue weighted by Crippen LogP contribution is 2.25. The predicted octanol–water partition coefficient (Wildman–Crippen LogP) is 3.41. The Morgan fingerprint density at radius 2 is 2.05 bits per heavy atom. The van der Waals surface area contributed by atoms with Crippen molar-refractivity contribution in [2.45, 2.75) is 27.2 Å². The molecule has 2 rings (SSSR count). The molecule has 4 heteroatoms. The minimum atomic E-state index is 0.164. The SMILES string of the molecule is COCCC(C)(C)CNc1ncnc2c(C)cccc12. The quantitative estimate of drug-likeness (QED) is 0.876. The second-order valence-electron chi connectivity index (χ2n) is 5.95. The van der Waals surface area contributed by atoms with Gasteiger partial charge >= 0.3 is 0 Å². The lowest BCUT2D eigenvalue weighted by Gasteiger charge is -2.25. The Labute approximate surface area is 120 Å². The Morgan fingerprint density at radius 1 is 1.25 bits per heavy atom. The fourth-order valence-corrected chi connectivity index (χ4v) is 2.17. The van der Waals surface area contributed by atoms with Gasteiger partial charge < -0.3 is 10.1 Å². The highest BCUT2D eigenvalue weighted by molar-refractivity contribution is 5.90. The zero-order valence-corrected chi connectivity index (χ0v) is 12.7. The summed E-state index contributed by atoms with van der Waals surface area (Å²) in [5.74, 6) is 0.907. The lowest BCUT2D eigenvalue weighted by atomic mass is 9.89. The molecule has 0 fully saturated rings. The van der Waals surface area contributed by atoms with Crippen LogP contribution in [0.1, 0.15) is 25.8 Å². The van der Waals surface area contributed by atoms with Crippen LogP contribution in [-0.2, 0) is 4.74 Å². The van der Waals surface area contributed by atoms with E-state index in [9.17, 15) is 0 Å². The largest absolute Gasteiger partial charge is 0.385 e. The van der Waals surface area contributed by atoms with Gasteiger partial charge in [-0.05, 0) is 30.4 Å². The Kier molecular flexibility index (Phi) is 4.55. The second kappa shape index (κ2) is 6.18. The number of fused-ring (bicyclic) bond motifs is 1. The van der Waals surface area contributed by atoms with Crippen LogP contribution in [0.15, 0.2) is 24.5 Å². The van der Waals surface area contributed by atoms with Gasteiger partial charge in [-0.2, -0.15) is 0 Å². The standard InChI is InChI=1S/C16H23N3O/c1-12-6-5-7-13-14(12)18-11-19-15(13)17-10-16(2,3)8-9-20-4/h5-7,11H,8-10H2,1-4H3,(H,17,18,19). The molecule has 0 amide bonds. The average molecular weight is 273 g/mol. The maximum Gasteiger partial charge on any atom is 0.137 e. The van der Waals surface area contributed by atoms with Crippen molar-refractivity contribution in [2.75, 3.05) is 25.6 Å². The number of rotatable bonds is 6. The predicted molar refractivity (Wildman–Crippen MR) is 83.0 cm³/mol. The highest BCUT2D eigenvalue weighted by Gasteiger charge is 2.18. The molecular weight excluding hydrogens is 250 g/mol. The molecule has 1 heterocycles. The number of benzene rings is 1. The first-order valence-corrected chi connectivity index (χ1v) is 6.97. The molecule has 2 aromatic rings. The summed E-state index contributed by atoms with van der Waals surface area (Å²) < 4.78 is 5.16. The molecule has 1 aromatic heterocycles. The van der Waals surface area contributed by atoms with Gasteiger partial charge in [-0.1, -0.05) is 26.0 Å². The first-order chi connectivity index (χ1) is 9.53. The number of ether oxygens (including phenoxy) is 1. The van der Waals surface area contributed by atoms with Crippen molar-refractivity contribution >= 4 is 16.7 Å². The summed E-state index contributed by atoms with van der Waals surface area (Å²) >= 11 is 0. The topological polar surface area (TPSA) is 47.0 Å². The second-order valence-corrected chi connectivity index (χ2v) is 5.95. The third-order valence-corrected chi connectivity index (χ3v) is 3.58. The smallest absolute Gasteiger partial charge is 0.137 e. The summed E-state index contributed by atoms with van der Waals surface area (Å²) in [4.78, 5) is 8.74. The van der Waals surface area contributed by atoms with Crippen molar-refractivity contribution in [3.63, 3.8) is 0 Å². The molecule has 0 aliphatic heterocycles. The Balaban J connectivity index is 2.16. The molecule has 0 radical (unpaired) electrons. The van der Waals surface area contributed by atoms with E-state index >= 15 is 0 Å². The van der Waals surface area contributed by atoms with Gasteiger partial charge in [-0.3, -0.25) is 0 Å². The molecule has 0 atom stereocenters. The molecule has 1 N–H and O–H groups in total. The first-order valence-electron chi connectivity index (χ1n) is 6.97.